The lowest BCUT2D eigenvalue weighted by atomic mass is 9.86. The summed E-state index contributed by atoms with van der Waals surface area (Å²) in [6, 6.07) is 7.18. The summed E-state index contributed by atoms with van der Waals surface area (Å²) in [4.78, 5) is 12.1. The molecule has 0 bridgehead atoms. The Kier molecular flexibility index (Phi) is 1.86. The van der Waals surface area contributed by atoms with Gasteiger partial charge in [0.2, 0.25) is 0 Å². The molecule has 0 spiro atoms. The molecule has 0 saturated heterocycles. The molecule has 0 amide bonds. The van der Waals surface area contributed by atoms with Gasteiger partial charge in [0, 0.05) is 0 Å². The number of benzene rings is 1. The lowest BCUT2D eigenvalue weighted by molar-refractivity contribution is 0.0801. The van der Waals surface area contributed by atoms with Crippen molar-refractivity contribution in [3.05, 3.63) is 53.8 Å². The highest BCUT2D eigenvalue weighted by Crippen LogP contribution is 2.33. The molecule has 1 heterocycles. The van der Waals surface area contributed by atoms with E-state index in [0.717, 1.165) is 0 Å². The smallest absolute Gasteiger partial charge is 0.177 e. The zero-order valence-electron chi connectivity index (χ0n) is 8.46. The Labute approximate surface area is 92.7 Å². The number of carbonyl (C=O) groups excluding carboxylic acids is 1. The lowest BCUT2D eigenvalue weighted by Crippen LogP contribution is -2.36. The predicted octanol–water partition coefficient (Wildman–Crippen LogP) is 2.26. The van der Waals surface area contributed by atoms with E-state index in [2.05, 4.69) is 0 Å². The summed E-state index contributed by atoms with van der Waals surface area (Å²) in [6.07, 6.45) is 4.42. The predicted molar refractivity (Wildman–Crippen MR) is 58.5 cm³/mol. The van der Waals surface area contributed by atoms with E-state index in [1.54, 1.807) is 24.3 Å². The first-order chi connectivity index (χ1) is 7.75. The Bertz CT molecular complexity index is 514. The summed E-state index contributed by atoms with van der Waals surface area (Å²) in [6.45, 7) is 0. The fraction of sp³-hybridized carbons (Fsp3) is 0.154. The number of aliphatic hydroxyl groups excluding tert-OH is 1. The van der Waals surface area contributed by atoms with Crippen LogP contribution in [0.1, 0.15) is 10.4 Å². The zero-order chi connectivity index (χ0) is 11.1. The van der Waals surface area contributed by atoms with Gasteiger partial charge in [-0.1, -0.05) is 18.2 Å². The van der Waals surface area contributed by atoms with Crippen LogP contribution in [0.25, 0.3) is 0 Å². The van der Waals surface area contributed by atoms with Crippen molar-refractivity contribution < 1.29 is 14.6 Å². The van der Waals surface area contributed by atoms with Crippen molar-refractivity contribution in [2.45, 2.75) is 6.10 Å². The highest BCUT2D eigenvalue weighted by atomic mass is 16.5. The van der Waals surface area contributed by atoms with Crippen LogP contribution in [-0.4, -0.2) is 17.0 Å². The first-order valence-corrected chi connectivity index (χ1v) is 5.14. The van der Waals surface area contributed by atoms with Crippen molar-refractivity contribution in [2.75, 3.05) is 0 Å². The highest BCUT2D eigenvalue weighted by molar-refractivity contribution is 6.03. The van der Waals surface area contributed by atoms with Gasteiger partial charge >= 0.3 is 0 Å². The second-order valence-corrected chi connectivity index (χ2v) is 3.92. The second-order valence-electron chi connectivity index (χ2n) is 3.92. The van der Waals surface area contributed by atoms with Gasteiger partial charge in [0.05, 0.1) is 11.5 Å². The largest absolute Gasteiger partial charge is 0.508 e. The molecule has 3 nitrogen and oxygen atoms in total. The molecule has 3 heteroatoms. The van der Waals surface area contributed by atoms with Crippen LogP contribution in [0.3, 0.4) is 0 Å². The van der Waals surface area contributed by atoms with Crippen molar-refractivity contribution in [1.82, 2.24) is 0 Å². The van der Waals surface area contributed by atoms with Gasteiger partial charge in [0.25, 0.3) is 0 Å². The number of Topliss-reactive ketones (excluding diaryl/α,β-unsaturated/α-hetero) is 1. The topological polar surface area (TPSA) is 46.5 Å². The van der Waals surface area contributed by atoms with Gasteiger partial charge in [-0.2, -0.15) is 0 Å². The Hall–Kier alpha value is -2.03. The number of rotatable bonds is 0. The molecule has 1 aliphatic heterocycles. The van der Waals surface area contributed by atoms with E-state index in [1.165, 1.54) is 6.08 Å². The summed E-state index contributed by atoms with van der Waals surface area (Å²) >= 11 is 0. The van der Waals surface area contributed by atoms with Crippen LogP contribution in [-0.2, 0) is 0 Å². The zero-order valence-corrected chi connectivity index (χ0v) is 8.46. The van der Waals surface area contributed by atoms with Crippen LogP contribution < -0.4 is 4.74 Å². The number of hydrogen-bond donors (Lipinski definition) is 1. The Morgan fingerprint density at radius 1 is 1.25 bits per heavy atom. The second kappa shape index (κ2) is 3.23. The minimum absolute atomic E-state index is 0.0480. The third-order valence-electron chi connectivity index (χ3n) is 2.88. The average Bonchev–Trinajstić information content (AvgIpc) is 2.29. The van der Waals surface area contributed by atoms with Crippen LogP contribution >= 0.6 is 0 Å². The van der Waals surface area contributed by atoms with E-state index in [4.69, 9.17) is 4.74 Å². The Morgan fingerprint density at radius 3 is 2.94 bits per heavy atom. The molecular weight excluding hydrogens is 204 g/mol. The molecule has 0 unspecified atom stereocenters. The molecule has 0 saturated carbocycles. The van der Waals surface area contributed by atoms with E-state index >= 15 is 0 Å². The number of para-hydroxylation sites is 1. The molecule has 1 aliphatic carbocycles. The third-order valence-corrected chi connectivity index (χ3v) is 2.88. The normalized spacial score (nSPS) is 26.5. The van der Waals surface area contributed by atoms with Crippen molar-refractivity contribution in [3.63, 3.8) is 0 Å². The SMILES string of the molecule is O=C1c2ccccc2O[C@@H]2C=C(O)C=C[C@H]12. The molecule has 1 aromatic rings. The van der Waals surface area contributed by atoms with Gasteiger partial charge in [-0.3, -0.25) is 4.79 Å². The molecule has 0 fully saturated rings. The van der Waals surface area contributed by atoms with Gasteiger partial charge in [-0.15, -0.1) is 0 Å². The minimum Gasteiger partial charge on any atom is -0.508 e. The molecule has 2 aliphatic rings. The van der Waals surface area contributed by atoms with Gasteiger partial charge in [0.15, 0.2) is 5.78 Å². The van der Waals surface area contributed by atoms with E-state index in [1.807, 2.05) is 12.1 Å². The monoisotopic (exact) mass is 214 g/mol. The van der Waals surface area contributed by atoms with Crippen LogP contribution in [0, 0.1) is 5.92 Å². The summed E-state index contributed by atoms with van der Waals surface area (Å²) in [5.74, 6) is 0.471. The van der Waals surface area contributed by atoms with Gasteiger partial charge in [-0.05, 0) is 24.3 Å². The quantitative estimate of drug-likeness (QED) is 0.720. The fourth-order valence-electron chi connectivity index (χ4n) is 2.08. The molecule has 2 atom stereocenters. The van der Waals surface area contributed by atoms with Crippen molar-refractivity contribution >= 4 is 5.78 Å². The average molecular weight is 214 g/mol. The summed E-state index contributed by atoms with van der Waals surface area (Å²) in [7, 11) is 0. The van der Waals surface area contributed by atoms with Crippen LogP contribution in [0.2, 0.25) is 0 Å². The third kappa shape index (κ3) is 1.25. The maximum Gasteiger partial charge on any atom is 0.177 e. The van der Waals surface area contributed by atoms with E-state index in [0.29, 0.717) is 11.3 Å². The number of ketones is 1. The lowest BCUT2D eigenvalue weighted by Gasteiger charge is -2.30. The molecule has 0 aromatic heterocycles. The van der Waals surface area contributed by atoms with Crippen molar-refractivity contribution in [3.8, 4) is 5.75 Å². The molecule has 1 N–H and O–H groups in total. The number of hydrogen-bond acceptors (Lipinski definition) is 3. The van der Waals surface area contributed by atoms with Crippen LogP contribution in [0.4, 0.5) is 0 Å². The number of ether oxygens (including phenoxy) is 1. The molecule has 3 rings (SSSR count). The maximum atomic E-state index is 12.1. The molecule has 1 aromatic carbocycles. The number of carbonyl (C=O) groups is 1. The summed E-state index contributed by atoms with van der Waals surface area (Å²) in [5, 5.41) is 9.37. The number of allylic oxidation sites excluding steroid dienone is 1. The fourth-order valence-corrected chi connectivity index (χ4v) is 2.08. The van der Waals surface area contributed by atoms with Crippen molar-refractivity contribution in [2.24, 2.45) is 5.92 Å². The van der Waals surface area contributed by atoms with Crippen LogP contribution in [0.5, 0.6) is 5.75 Å². The first-order valence-electron chi connectivity index (χ1n) is 5.14. The maximum absolute atomic E-state index is 12.1. The molecule has 80 valence electrons. The number of fused-ring (bicyclic) bond motifs is 2. The Morgan fingerprint density at radius 2 is 2.06 bits per heavy atom. The van der Waals surface area contributed by atoms with E-state index in [9.17, 15) is 9.90 Å². The summed E-state index contributed by atoms with van der Waals surface area (Å²) < 4.78 is 5.67. The molecule has 0 radical (unpaired) electrons. The van der Waals surface area contributed by atoms with Crippen LogP contribution in [0.15, 0.2) is 48.3 Å². The molecular formula is C13H10O3. The summed E-state index contributed by atoms with van der Waals surface area (Å²) in [5.41, 5.74) is 0.614. The minimum atomic E-state index is -0.382. The standard InChI is InChI=1S/C13H10O3/c14-8-5-6-10-12(7-8)16-11-4-2-1-3-9(11)13(10)15/h1-7,10,12,14H/t10-,12+/m0/s1. The van der Waals surface area contributed by atoms with Gasteiger partial charge in [-0.25, -0.2) is 0 Å². The van der Waals surface area contributed by atoms with E-state index in [-0.39, 0.29) is 23.6 Å². The highest BCUT2D eigenvalue weighted by Gasteiger charge is 2.35. The molecule has 16 heavy (non-hydrogen) atoms. The van der Waals surface area contributed by atoms with Gasteiger partial charge < -0.3 is 9.84 Å². The Balaban J connectivity index is 2.09. The van der Waals surface area contributed by atoms with E-state index < -0.39 is 0 Å². The first kappa shape index (κ1) is 9.21. The number of aliphatic hydroxyl groups is 1. The van der Waals surface area contributed by atoms with Gasteiger partial charge in [0.1, 0.15) is 17.6 Å². The van der Waals surface area contributed by atoms with Crippen molar-refractivity contribution in [1.29, 1.82) is 0 Å².